The Balaban J connectivity index is 2.80. The minimum absolute atomic E-state index is 0.0256. The third-order valence-corrected chi connectivity index (χ3v) is 2.45. The van der Waals surface area contributed by atoms with Crippen molar-refractivity contribution in [2.24, 2.45) is 0 Å². The summed E-state index contributed by atoms with van der Waals surface area (Å²) in [6.45, 7) is 4.72. The largest absolute Gasteiger partial charge is 0.465 e. The van der Waals surface area contributed by atoms with Gasteiger partial charge in [-0.3, -0.25) is 14.9 Å². The number of esters is 1. The average Bonchev–Trinajstić information content (AvgIpc) is 2.43. The van der Waals surface area contributed by atoms with E-state index in [0.29, 0.717) is 18.0 Å². The van der Waals surface area contributed by atoms with E-state index in [-0.39, 0.29) is 12.2 Å². The number of nitrogens with zero attached hydrogens (tertiary/aromatic N) is 1. The van der Waals surface area contributed by atoms with Crippen LogP contribution >= 0.6 is 0 Å². The molecule has 0 amide bonds. The molecule has 0 aliphatic rings. The fraction of sp³-hybridized carbons (Fsp3) is 0.462. The molecule has 0 saturated carbocycles. The minimum Gasteiger partial charge on any atom is -0.465 e. The second kappa shape index (κ2) is 7.98. The molecule has 20 heavy (non-hydrogen) atoms. The zero-order valence-corrected chi connectivity index (χ0v) is 11.6. The number of non-ortho nitro benzene ring substituents is 1. The first-order chi connectivity index (χ1) is 9.56. The van der Waals surface area contributed by atoms with Gasteiger partial charge in [0.15, 0.2) is 0 Å². The van der Waals surface area contributed by atoms with Crippen LogP contribution in [0.1, 0.15) is 20.3 Å². The van der Waals surface area contributed by atoms with E-state index < -0.39 is 10.9 Å². The highest BCUT2D eigenvalue weighted by molar-refractivity contribution is 5.76. The molecule has 0 aliphatic carbocycles. The van der Waals surface area contributed by atoms with Gasteiger partial charge < -0.3 is 15.4 Å². The first-order valence-corrected chi connectivity index (χ1v) is 6.49. The summed E-state index contributed by atoms with van der Waals surface area (Å²) in [6.07, 6.45) is 0.911. The molecule has 0 fully saturated rings. The SMILES string of the molecule is CCCNc1cc(NCC(=O)OCC)cc([N+](=O)[O-])c1. The molecular weight excluding hydrogens is 262 g/mol. The predicted molar refractivity (Wildman–Crippen MR) is 77.0 cm³/mol. The van der Waals surface area contributed by atoms with Gasteiger partial charge in [-0.05, 0) is 19.4 Å². The Kier molecular flexibility index (Phi) is 6.28. The van der Waals surface area contributed by atoms with E-state index in [2.05, 4.69) is 10.6 Å². The molecule has 0 radical (unpaired) electrons. The molecule has 0 atom stereocenters. The number of carbonyl (C=O) groups is 1. The molecule has 1 aromatic rings. The highest BCUT2D eigenvalue weighted by atomic mass is 16.6. The Bertz CT molecular complexity index is 477. The molecule has 0 aromatic heterocycles. The number of hydrogen-bond acceptors (Lipinski definition) is 6. The van der Waals surface area contributed by atoms with E-state index in [0.717, 1.165) is 13.0 Å². The van der Waals surface area contributed by atoms with E-state index in [9.17, 15) is 14.9 Å². The molecular formula is C13H19N3O4. The Labute approximate surface area is 117 Å². The Hall–Kier alpha value is -2.31. The molecule has 0 aliphatic heterocycles. The van der Waals surface area contributed by atoms with Crippen molar-refractivity contribution in [3.63, 3.8) is 0 Å². The number of carbonyl (C=O) groups excluding carboxylic acids is 1. The molecule has 0 bridgehead atoms. The predicted octanol–water partition coefficient (Wildman–Crippen LogP) is 2.39. The van der Waals surface area contributed by atoms with Crippen LogP contribution in [-0.4, -0.2) is 30.6 Å². The normalized spacial score (nSPS) is 9.90. The van der Waals surface area contributed by atoms with Crippen LogP contribution in [0.4, 0.5) is 17.1 Å². The molecule has 7 heteroatoms. The van der Waals surface area contributed by atoms with E-state index >= 15 is 0 Å². The highest BCUT2D eigenvalue weighted by Crippen LogP contribution is 2.24. The summed E-state index contributed by atoms with van der Waals surface area (Å²) in [4.78, 5) is 21.7. The maximum absolute atomic E-state index is 11.3. The van der Waals surface area contributed by atoms with Gasteiger partial charge in [0.1, 0.15) is 6.54 Å². The zero-order valence-electron chi connectivity index (χ0n) is 11.6. The van der Waals surface area contributed by atoms with Crippen LogP contribution in [-0.2, 0) is 9.53 Å². The molecule has 0 saturated heterocycles. The highest BCUT2D eigenvalue weighted by Gasteiger charge is 2.10. The van der Waals surface area contributed by atoms with Gasteiger partial charge in [-0.15, -0.1) is 0 Å². The number of anilines is 2. The van der Waals surface area contributed by atoms with Crippen molar-refractivity contribution in [2.75, 3.05) is 30.3 Å². The smallest absolute Gasteiger partial charge is 0.325 e. The van der Waals surface area contributed by atoms with Crippen molar-refractivity contribution in [1.82, 2.24) is 0 Å². The molecule has 1 rings (SSSR count). The van der Waals surface area contributed by atoms with Gasteiger partial charge in [0, 0.05) is 30.1 Å². The second-order valence-electron chi connectivity index (χ2n) is 4.11. The number of benzene rings is 1. The van der Waals surface area contributed by atoms with Crippen molar-refractivity contribution in [3.05, 3.63) is 28.3 Å². The third kappa shape index (κ3) is 5.13. The third-order valence-electron chi connectivity index (χ3n) is 2.45. The summed E-state index contributed by atoms with van der Waals surface area (Å²) in [5, 5.41) is 16.8. The quantitative estimate of drug-likeness (QED) is 0.431. The second-order valence-corrected chi connectivity index (χ2v) is 4.11. The van der Waals surface area contributed by atoms with Gasteiger partial charge in [0.25, 0.3) is 5.69 Å². The van der Waals surface area contributed by atoms with E-state index in [1.165, 1.54) is 12.1 Å². The number of rotatable bonds is 8. The first-order valence-electron chi connectivity index (χ1n) is 6.49. The van der Waals surface area contributed by atoms with Gasteiger partial charge in [0.05, 0.1) is 11.5 Å². The van der Waals surface area contributed by atoms with Crippen LogP contribution < -0.4 is 10.6 Å². The zero-order chi connectivity index (χ0) is 15.0. The van der Waals surface area contributed by atoms with Crippen molar-refractivity contribution >= 4 is 23.0 Å². The first kappa shape index (κ1) is 15.7. The average molecular weight is 281 g/mol. The summed E-state index contributed by atoms with van der Waals surface area (Å²) in [6, 6.07) is 4.57. The van der Waals surface area contributed by atoms with Crippen molar-refractivity contribution in [1.29, 1.82) is 0 Å². The Morgan fingerprint density at radius 3 is 2.45 bits per heavy atom. The Morgan fingerprint density at radius 2 is 1.90 bits per heavy atom. The van der Waals surface area contributed by atoms with Gasteiger partial charge >= 0.3 is 5.97 Å². The standard InChI is InChI=1S/C13H19N3O4/c1-3-5-14-10-6-11(8-12(7-10)16(18)19)15-9-13(17)20-4-2/h6-8,14-15H,3-5,9H2,1-2H3. The van der Waals surface area contributed by atoms with Crippen LogP contribution in [0.25, 0.3) is 0 Å². The minimum atomic E-state index is -0.466. The summed E-state index contributed by atoms with van der Waals surface area (Å²) < 4.78 is 4.79. The maximum atomic E-state index is 11.3. The topological polar surface area (TPSA) is 93.5 Å². The number of hydrogen-bond donors (Lipinski definition) is 2. The van der Waals surface area contributed by atoms with E-state index in [1.807, 2.05) is 6.92 Å². The van der Waals surface area contributed by atoms with Gasteiger partial charge in [-0.25, -0.2) is 0 Å². The summed E-state index contributed by atoms with van der Waals surface area (Å²) >= 11 is 0. The van der Waals surface area contributed by atoms with Crippen molar-refractivity contribution < 1.29 is 14.5 Å². The van der Waals surface area contributed by atoms with Crippen LogP contribution in [0.3, 0.4) is 0 Å². The summed E-state index contributed by atoms with van der Waals surface area (Å²) in [5.41, 5.74) is 1.12. The summed E-state index contributed by atoms with van der Waals surface area (Å²) in [5.74, 6) is -0.401. The molecule has 7 nitrogen and oxygen atoms in total. The maximum Gasteiger partial charge on any atom is 0.325 e. The molecule has 1 aromatic carbocycles. The number of nitro groups is 1. The lowest BCUT2D eigenvalue weighted by Crippen LogP contribution is -2.16. The Morgan fingerprint density at radius 1 is 1.25 bits per heavy atom. The van der Waals surface area contributed by atoms with E-state index in [4.69, 9.17) is 4.74 Å². The van der Waals surface area contributed by atoms with Gasteiger partial charge in [0.2, 0.25) is 0 Å². The molecule has 0 heterocycles. The molecule has 0 spiro atoms. The fourth-order valence-corrected chi connectivity index (χ4v) is 1.58. The van der Waals surface area contributed by atoms with Crippen molar-refractivity contribution in [3.8, 4) is 0 Å². The monoisotopic (exact) mass is 281 g/mol. The lowest BCUT2D eigenvalue weighted by Gasteiger charge is -2.09. The van der Waals surface area contributed by atoms with Crippen LogP contribution in [0, 0.1) is 10.1 Å². The number of ether oxygens (including phenoxy) is 1. The van der Waals surface area contributed by atoms with Crippen LogP contribution in [0.2, 0.25) is 0 Å². The summed E-state index contributed by atoms with van der Waals surface area (Å²) in [7, 11) is 0. The van der Waals surface area contributed by atoms with Gasteiger partial charge in [-0.1, -0.05) is 6.92 Å². The van der Waals surface area contributed by atoms with Crippen LogP contribution in [0.5, 0.6) is 0 Å². The molecule has 0 unspecified atom stereocenters. The number of nitro benzene ring substituents is 1. The van der Waals surface area contributed by atoms with E-state index in [1.54, 1.807) is 13.0 Å². The fourth-order valence-electron chi connectivity index (χ4n) is 1.58. The molecule has 110 valence electrons. The van der Waals surface area contributed by atoms with Crippen LogP contribution in [0.15, 0.2) is 18.2 Å². The van der Waals surface area contributed by atoms with Gasteiger partial charge in [-0.2, -0.15) is 0 Å². The number of nitrogens with one attached hydrogen (secondary N) is 2. The lowest BCUT2D eigenvalue weighted by molar-refractivity contribution is -0.384. The lowest BCUT2D eigenvalue weighted by atomic mass is 10.2. The van der Waals surface area contributed by atoms with Crippen molar-refractivity contribution in [2.45, 2.75) is 20.3 Å². The molecule has 2 N–H and O–H groups in total.